The van der Waals surface area contributed by atoms with Crippen molar-refractivity contribution in [2.45, 2.75) is 70.8 Å². The third-order valence-electron chi connectivity index (χ3n) is 4.64. The number of carbonyl (C=O) groups is 2. The minimum atomic E-state index is -0.954. The Bertz CT molecular complexity index is 633. The van der Waals surface area contributed by atoms with Crippen molar-refractivity contribution in [3.8, 4) is 5.75 Å². The van der Waals surface area contributed by atoms with Gasteiger partial charge in [-0.25, -0.2) is 9.59 Å². The first-order valence-corrected chi connectivity index (χ1v) is 10.5. The van der Waals surface area contributed by atoms with Crippen molar-refractivity contribution in [2.75, 3.05) is 6.61 Å². The molecule has 0 fully saturated rings. The van der Waals surface area contributed by atoms with E-state index in [1.54, 1.807) is 6.08 Å². The number of aliphatic carboxylic acids is 1. The number of hydrogen-bond acceptors (Lipinski definition) is 4. The molecule has 0 aliphatic carbocycles. The van der Waals surface area contributed by atoms with E-state index in [1.165, 1.54) is 31.8 Å². The van der Waals surface area contributed by atoms with Crippen LogP contribution in [-0.4, -0.2) is 29.8 Å². The van der Waals surface area contributed by atoms with E-state index >= 15 is 0 Å². The van der Waals surface area contributed by atoms with Crippen molar-refractivity contribution >= 4 is 18.0 Å². The largest absolute Gasteiger partial charge is 0.494 e. The Kier molecular flexibility index (Phi) is 13.0. The zero-order valence-corrected chi connectivity index (χ0v) is 17.5. The maximum absolute atomic E-state index is 11.2. The van der Waals surface area contributed by atoms with Gasteiger partial charge in [-0.2, -0.15) is 0 Å². The van der Waals surface area contributed by atoms with Gasteiger partial charge in [0.05, 0.1) is 6.61 Å². The number of unbranched alkanes of at least 4 members (excludes halogenated alkanes) is 6. The summed E-state index contributed by atoms with van der Waals surface area (Å²) < 4.78 is 11.0. The van der Waals surface area contributed by atoms with E-state index < -0.39 is 5.97 Å². The first-order valence-electron chi connectivity index (χ1n) is 10.5. The summed E-state index contributed by atoms with van der Waals surface area (Å²) in [7, 11) is 0. The summed E-state index contributed by atoms with van der Waals surface area (Å²) >= 11 is 0. The smallest absolute Gasteiger partial charge is 0.330 e. The van der Waals surface area contributed by atoms with E-state index in [9.17, 15) is 9.59 Å². The second-order valence-electron chi connectivity index (χ2n) is 7.02. The van der Waals surface area contributed by atoms with Gasteiger partial charge in [-0.15, -0.1) is 0 Å². The first-order chi connectivity index (χ1) is 14.0. The molecule has 29 heavy (non-hydrogen) atoms. The second-order valence-corrected chi connectivity index (χ2v) is 7.02. The molecule has 0 aromatic heterocycles. The zero-order chi connectivity index (χ0) is 21.3. The predicted molar refractivity (Wildman–Crippen MR) is 116 cm³/mol. The molecule has 0 saturated carbocycles. The van der Waals surface area contributed by atoms with Crippen LogP contribution in [0.25, 0.3) is 6.08 Å². The van der Waals surface area contributed by atoms with Gasteiger partial charge in [-0.1, -0.05) is 57.7 Å². The molecular formula is C24H34O5. The Morgan fingerprint density at radius 2 is 1.66 bits per heavy atom. The molecule has 1 aromatic carbocycles. The SMILES string of the molecule is C=CC(=O)OC(CC)CCCCCCCCCOc1ccc(C=CC(=O)O)cc1. The number of hydrogen-bond donors (Lipinski definition) is 1. The number of benzene rings is 1. The van der Waals surface area contributed by atoms with Crippen LogP contribution >= 0.6 is 0 Å². The van der Waals surface area contributed by atoms with Crippen LogP contribution in [0.4, 0.5) is 0 Å². The van der Waals surface area contributed by atoms with Crippen molar-refractivity contribution < 1.29 is 24.2 Å². The Balaban J connectivity index is 2.01. The summed E-state index contributed by atoms with van der Waals surface area (Å²) in [6.07, 6.45) is 13.7. The van der Waals surface area contributed by atoms with Gasteiger partial charge in [0.25, 0.3) is 0 Å². The van der Waals surface area contributed by atoms with E-state index in [-0.39, 0.29) is 12.1 Å². The van der Waals surface area contributed by atoms with Crippen molar-refractivity contribution in [1.82, 2.24) is 0 Å². The lowest BCUT2D eigenvalue weighted by atomic mass is 10.1. The quantitative estimate of drug-likeness (QED) is 0.215. The number of ether oxygens (including phenoxy) is 2. The van der Waals surface area contributed by atoms with Crippen LogP contribution in [0.5, 0.6) is 5.75 Å². The highest BCUT2D eigenvalue weighted by Crippen LogP contribution is 2.15. The highest BCUT2D eigenvalue weighted by Gasteiger charge is 2.09. The standard InChI is InChI=1S/C24H34O5/c1-3-21(29-24(27)4-2)12-10-8-6-5-7-9-11-19-28-22-16-13-20(14-17-22)15-18-23(25)26/h4,13-18,21H,2-3,5-12,19H2,1H3,(H,25,26). The maximum Gasteiger partial charge on any atom is 0.330 e. The molecule has 0 bridgehead atoms. The lowest BCUT2D eigenvalue weighted by molar-refractivity contribution is -0.143. The van der Waals surface area contributed by atoms with Gasteiger partial charge in [0, 0.05) is 12.2 Å². The molecule has 1 atom stereocenters. The molecule has 1 unspecified atom stereocenters. The average molecular weight is 403 g/mol. The molecule has 0 radical (unpaired) electrons. The minimum absolute atomic E-state index is 0.0138. The number of rotatable bonds is 16. The molecule has 0 heterocycles. The normalized spacial score (nSPS) is 11.9. The molecule has 0 aliphatic heterocycles. The number of carboxylic acids is 1. The number of esters is 1. The Labute approximate surface area is 174 Å². The molecule has 1 aromatic rings. The van der Waals surface area contributed by atoms with Crippen molar-refractivity contribution in [3.05, 3.63) is 48.6 Å². The zero-order valence-electron chi connectivity index (χ0n) is 17.5. The second kappa shape index (κ2) is 15.4. The van der Waals surface area contributed by atoms with Crippen molar-refractivity contribution in [1.29, 1.82) is 0 Å². The van der Waals surface area contributed by atoms with Crippen LogP contribution < -0.4 is 4.74 Å². The fourth-order valence-electron chi connectivity index (χ4n) is 2.95. The lowest BCUT2D eigenvalue weighted by Gasteiger charge is -2.14. The van der Waals surface area contributed by atoms with Gasteiger partial charge < -0.3 is 14.6 Å². The summed E-state index contributed by atoms with van der Waals surface area (Å²) in [5.41, 5.74) is 0.837. The molecule has 0 spiro atoms. The average Bonchev–Trinajstić information content (AvgIpc) is 2.73. The van der Waals surface area contributed by atoms with E-state index in [0.29, 0.717) is 6.61 Å². The molecule has 160 valence electrons. The molecule has 5 nitrogen and oxygen atoms in total. The third kappa shape index (κ3) is 12.5. The molecular weight excluding hydrogens is 368 g/mol. The van der Waals surface area contributed by atoms with E-state index in [0.717, 1.165) is 49.5 Å². The Morgan fingerprint density at radius 1 is 1.03 bits per heavy atom. The fraction of sp³-hybridized carbons (Fsp3) is 0.500. The van der Waals surface area contributed by atoms with Gasteiger partial charge in [0.1, 0.15) is 11.9 Å². The van der Waals surface area contributed by atoms with E-state index in [1.807, 2.05) is 31.2 Å². The summed E-state index contributed by atoms with van der Waals surface area (Å²) in [5.74, 6) is -0.477. The van der Waals surface area contributed by atoms with Crippen LogP contribution in [0.3, 0.4) is 0 Å². The molecule has 0 amide bonds. The first kappa shape index (κ1) is 24.5. The summed E-state index contributed by atoms with van der Waals surface area (Å²) in [4.78, 5) is 21.7. The van der Waals surface area contributed by atoms with Gasteiger partial charge in [0.15, 0.2) is 0 Å². The Hall–Kier alpha value is -2.56. The number of carbonyl (C=O) groups excluding carboxylic acids is 1. The van der Waals surface area contributed by atoms with Crippen LogP contribution in [0.1, 0.15) is 70.3 Å². The van der Waals surface area contributed by atoms with E-state index in [2.05, 4.69) is 6.58 Å². The minimum Gasteiger partial charge on any atom is -0.494 e. The molecule has 0 saturated heterocycles. The topological polar surface area (TPSA) is 72.8 Å². The summed E-state index contributed by atoms with van der Waals surface area (Å²) in [5, 5.41) is 8.62. The van der Waals surface area contributed by atoms with Gasteiger partial charge in [-0.3, -0.25) is 0 Å². The maximum atomic E-state index is 11.2. The summed E-state index contributed by atoms with van der Waals surface area (Å²) in [6, 6.07) is 7.40. The summed E-state index contributed by atoms with van der Waals surface area (Å²) in [6.45, 7) is 6.16. The van der Waals surface area contributed by atoms with Crippen LogP contribution in [0.2, 0.25) is 0 Å². The molecule has 1 N–H and O–H groups in total. The molecule has 1 rings (SSSR count). The van der Waals surface area contributed by atoms with Crippen LogP contribution in [-0.2, 0) is 14.3 Å². The predicted octanol–water partition coefficient (Wildman–Crippen LogP) is 5.79. The van der Waals surface area contributed by atoms with Crippen LogP contribution in [0, 0.1) is 0 Å². The van der Waals surface area contributed by atoms with Gasteiger partial charge in [0.2, 0.25) is 0 Å². The third-order valence-corrected chi connectivity index (χ3v) is 4.64. The van der Waals surface area contributed by atoms with Crippen molar-refractivity contribution in [2.24, 2.45) is 0 Å². The van der Waals surface area contributed by atoms with Crippen molar-refractivity contribution in [3.63, 3.8) is 0 Å². The fourth-order valence-corrected chi connectivity index (χ4v) is 2.95. The van der Waals surface area contributed by atoms with E-state index in [4.69, 9.17) is 14.6 Å². The number of carboxylic acid groups (broad SMARTS) is 1. The Morgan fingerprint density at radius 3 is 2.24 bits per heavy atom. The highest BCUT2D eigenvalue weighted by molar-refractivity contribution is 5.85. The monoisotopic (exact) mass is 402 g/mol. The van der Waals surface area contributed by atoms with Crippen LogP contribution in [0.15, 0.2) is 43.0 Å². The van der Waals surface area contributed by atoms with Gasteiger partial charge in [-0.05, 0) is 49.5 Å². The molecule has 0 aliphatic rings. The lowest BCUT2D eigenvalue weighted by Crippen LogP contribution is -2.15. The highest BCUT2D eigenvalue weighted by atomic mass is 16.5. The van der Waals surface area contributed by atoms with Gasteiger partial charge >= 0.3 is 11.9 Å². The molecule has 5 heteroatoms.